The highest BCUT2D eigenvalue weighted by molar-refractivity contribution is 7.81. The van der Waals surface area contributed by atoms with E-state index in [2.05, 4.69) is 25.3 Å². The normalized spacial score (nSPS) is 9.58. The molecule has 0 unspecified atom stereocenters. The monoisotopic (exact) mass is 208 g/mol. The Labute approximate surface area is 82.3 Å². The number of carbonyl (C=O) groups is 2. The van der Waals surface area contributed by atoms with Crippen molar-refractivity contribution in [1.82, 2.24) is 4.90 Å². The van der Waals surface area contributed by atoms with Gasteiger partial charge in [0, 0.05) is 12.3 Å². The maximum atomic E-state index is 11.0. The van der Waals surface area contributed by atoms with Gasteiger partial charge in [0.05, 0.1) is 12.3 Å². The Balaban J connectivity index is 4.21. The molecule has 0 spiro atoms. The smallest absolute Gasteiger partial charge is 0.242 e. The van der Waals surface area contributed by atoms with Crippen molar-refractivity contribution in [3.05, 3.63) is 0 Å². The molecule has 0 saturated carbocycles. The van der Waals surface area contributed by atoms with Crippen LogP contribution in [0.3, 0.4) is 0 Å². The molecule has 0 bridgehead atoms. The minimum atomic E-state index is -0.386. The van der Waals surface area contributed by atoms with Crippen LogP contribution in [0.15, 0.2) is 0 Å². The van der Waals surface area contributed by atoms with Crippen LogP contribution in [-0.2, 0) is 9.59 Å². The summed E-state index contributed by atoms with van der Waals surface area (Å²) in [6.45, 7) is 0.131. The van der Waals surface area contributed by atoms with E-state index in [9.17, 15) is 9.59 Å². The van der Waals surface area contributed by atoms with Gasteiger partial charge in [-0.25, -0.2) is 0 Å². The second kappa shape index (κ2) is 6.33. The first-order valence-electron chi connectivity index (χ1n) is 3.42. The van der Waals surface area contributed by atoms with Crippen LogP contribution in [0.1, 0.15) is 0 Å². The van der Waals surface area contributed by atoms with Crippen molar-refractivity contribution in [2.24, 2.45) is 5.73 Å². The van der Waals surface area contributed by atoms with Gasteiger partial charge in [0.1, 0.15) is 0 Å². The molecule has 2 N–H and O–H groups in total. The molecule has 70 valence electrons. The average molecular weight is 208 g/mol. The molecule has 0 rings (SSSR count). The van der Waals surface area contributed by atoms with E-state index in [1.165, 1.54) is 0 Å². The van der Waals surface area contributed by atoms with Crippen molar-refractivity contribution in [1.29, 1.82) is 0 Å². The van der Waals surface area contributed by atoms with Gasteiger partial charge in [-0.15, -0.1) is 0 Å². The first-order chi connectivity index (χ1) is 5.67. The van der Waals surface area contributed by atoms with Crippen LogP contribution in [-0.4, -0.2) is 41.3 Å². The van der Waals surface area contributed by atoms with Crippen LogP contribution < -0.4 is 5.73 Å². The molecule has 2 amide bonds. The SMILES string of the molecule is NCC(=O)N(CCS)C(=O)CS. The molecule has 0 aliphatic heterocycles. The summed E-state index contributed by atoms with van der Waals surface area (Å²) in [5, 5.41) is 0. The van der Waals surface area contributed by atoms with E-state index in [1.807, 2.05) is 0 Å². The summed E-state index contributed by atoms with van der Waals surface area (Å²) in [5.41, 5.74) is 5.10. The Morgan fingerprint density at radius 2 is 1.83 bits per heavy atom. The summed E-state index contributed by atoms with van der Waals surface area (Å²) in [4.78, 5) is 23.1. The van der Waals surface area contributed by atoms with E-state index in [-0.39, 0.29) is 24.1 Å². The summed E-state index contributed by atoms with van der Waals surface area (Å²) < 4.78 is 0. The number of thiol groups is 2. The largest absolute Gasteiger partial charge is 0.322 e. The fraction of sp³-hybridized carbons (Fsp3) is 0.667. The van der Waals surface area contributed by atoms with Crippen molar-refractivity contribution < 1.29 is 9.59 Å². The zero-order valence-electron chi connectivity index (χ0n) is 6.56. The van der Waals surface area contributed by atoms with Gasteiger partial charge >= 0.3 is 0 Å². The minimum absolute atomic E-state index is 0.0134. The number of nitrogens with zero attached hydrogens (tertiary/aromatic N) is 1. The minimum Gasteiger partial charge on any atom is -0.322 e. The van der Waals surface area contributed by atoms with Gasteiger partial charge in [0.2, 0.25) is 11.8 Å². The van der Waals surface area contributed by atoms with Gasteiger partial charge in [-0.1, -0.05) is 0 Å². The molecular weight excluding hydrogens is 196 g/mol. The molecule has 0 atom stereocenters. The van der Waals surface area contributed by atoms with Gasteiger partial charge in [-0.3, -0.25) is 14.5 Å². The van der Waals surface area contributed by atoms with Gasteiger partial charge < -0.3 is 5.73 Å². The van der Waals surface area contributed by atoms with Gasteiger partial charge in [-0.05, 0) is 0 Å². The number of imide groups is 1. The Morgan fingerprint density at radius 1 is 1.25 bits per heavy atom. The van der Waals surface area contributed by atoms with E-state index in [0.29, 0.717) is 12.3 Å². The highest BCUT2D eigenvalue weighted by Crippen LogP contribution is 1.93. The first-order valence-corrected chi connectivity index (χ1v) is 4.68. The maximum Gasteiger partial charge on any atom is 0.242 e. The lowest BCUT2D eigenvalue weighted by atomic mass is 10.4. The number of nitrogens with two attached hydrogens (primary N) is 1. The summed E-state index contributed by atoms with van der Waals surface area (Å²) in [6.07, 6.45) is 0. The van der Waals surface area contributed by atoms with Crippen molar-refractivity contribution in [3.63, 3.8) is 0 Å². The lowest BCUT2D eigenvalue weighted by Gasteiger charge is -2.17. The Kier molecular flexibility index (Phi) is 6.23. The third-order valence-corrected chi connectivity index (χ3v) is 1.71. The van der Waals surface area contributed by atoms with Crippen molar-refractivity contribution in [2.75, 3.05) is 24.6 Å². The summed E-state index contributed by atoms with van der Waals surface area (Å²) >= 11 is 7.69. The van der Waals surface area contributed by atoms with Crippen molar-refractivity contribution >= 4 is 37.1 Å². The zero-order valence-corrected chi connectivity index (χ0v) is 8.35. The van der Waals surface area contributed by atoms with Gasteiger partial charge in [-0.2, -0.15) is 25.3 Å². The predicted molar refractivity (Wildman–Crippen MR) is 53.5 cm³/mol. The Bertz CT molecular complexity index is 159. The molecule has 0 aromatic carbocycles. The molecule has 0 fully saturated rings. The molecule has 0 aliphatic rings. The second-order valence-electron chi connectivity index (χ2n) is 2.02. The fourth-order valence-electron chi connectivity index (χ4n) is 0.684. The number of hydrogen-bond acceptors (Lipinski definition) is 5. The first kappa shape index (κ1) is 11.8. The van der Waals surface area contributed by atoms with E-state index >= 15 is 0 Å². The number of amides is 2. The third-order valence-electron chi connectivity index (χ3n) is 1.24. The topological polar surface area (TPSA) is 63.4 Å². The van der Waals surface area contributed by atoms with E-state index in [1.54, 1.807) is 0 Å². The average Bonchev–Trinajstić information content (AvgIpc) is 2.11. The van der Waals surface area contributed by atoms with Crippen molar-refractivity contribution in [3.8, 4) is 0 Å². The third kappa shape index (κ3) is 3.46. The highest BCUT2D eigenvalue weighted by atomic mass is 32.1. The van der Waals surface area contributed by atoms with E-state index in [4.69, 9.17) is 5.73 Å². The fourth-order valence-corrected chi connectivity index (χ4v) is 1.05. The lowest BCUT2D eigenvalue weighted by Crippen LogP contribution is -2.42. The zero-order chi connectivity index (χ0) is 9.56. The second-order valence-corrected chi connectivity index (χ2v) is 2.79. The summed E-state index contributed by atoms with van der Waals surface area (Å²) in [6, 6.07) is 0. The van der Waals surface area contributed by atoms with Crippen molar-refractivity contribution in [2.45, 2.75) is 0 Å². The lowest BCUT2D eigenvalue weighted by molar-refractivity contribution is -0.141. The van der Waals surface area contributed by atoms with Crippen LogP contribution in [0.4, 0.5) is 0 Å². The molecule has 4 nitrogen and oxygen atoms in total. The number of rotatable bonds is 4. The molecule has 0 radical (unpaired) electrons. The molecule has 6 heteroatoms. The predicted octanol–water partition coefficient (Wildman–Crippen LogP) is -0.840. The number of hydrogen-bond donors (Lipinski definition) is 3. The van der Waals surface area contributed by atoms with Gasteiger partial charge in [0.15, 0.2) is 0 Å². The van der Waals surface area contributed by atoms with E-state index in [0.717, 1.165) is 4.90 Å². The van der Waals surface area contributed by atoms with Crippen LogP contribution in [0, 0.1) is 0 Å². The standard InChI is InChI=1S/C6H12N2O2S2/c7-3-5(9)8(1-2-11)6(10)4-12/h11-12H,1-4,7H2. The quantitative estimate of drug-likeness (QED) is 0.528. The van der Waals surface area contributed by atoms with Crippen LogP contribution in [0.2, 0.25) is 0 Å². The molecule has 0 saturated heterocycles. The summed E-state index contributed by atoms with van der Waals surface area (Å²) in [5.74, 6) is -0.268. The molecule has 12 heavy (non-hydrogen) atoms. The van der Waals surface area contributed by atoms with Crippen LogP contribution in [0.25, 0.3) is 0 Å². The molecule has 0 aromatic heterocycles. The van der Waals surface area contributed by atoms with Crippen LogP contribution >= 0.6 is 25.3 Å². The molecule has 0 heterocycles. The Morgan fingerprint density at radius 3 is 2.17 bits per heavy atom. The molecule has 0 aromatic rings. The highest BCUT2D eigenvalue weighted by Gasteiger charge is 2.17. The molecule has 0 aliphatic carbocycles. The molecular formula is C6H12N2O2S2. The van der Waals surface area contributed by atoms with Gasteiger partial charge in [0.25, 0.3) is 0 Å². The number of carbonyl (C=O) groups excluding carboxylic acids is 2. The summed E-state index contributed by atoms with van der Waals surface area (Å²) in [7, 11) is 0. The van der Waals surface area contributed by atoms with Crippen LogP contribution in [0.5, 0.6) is 0 Å². The van der Waals surface area contributed by atoms with E-state index < -0.39 is 0 Å². The maximum absolute atomic E-state index is 11.0. The Hall–Kier alpha value is -0.200.